The molecule has 2 aliphatic rings. The van der Waals surface area contributed by atoms with Gasteiger partial charge in [-0.3, -0.25) is 14.4 Å². The van der Waals surface area contributed by atoms with Crippen LogP contribution in [0.15, 0.2) is 36.8 Å². The summed E-state index contributed by atoms with van der Waals surface area (Å²) in [4.78, 5) is 46.5. The van der Waals surface area contributed by atoms with E-state index in [0.717, 1.165) is 35.9 Å². The Morgan fingerprint density at radius 1 is 0.755 bits per heavy atom. The molecule has 4 aromatic heterocycles. The van der Waals surface area contributed by atoms with Gasteiger partial charge in [0.15, 0.2) is 11.6 Å². The minimum atomic E-state index is -0.645. The summed E-state index contributed by atoms with van der Waals surface area (Å²) in [5.41, 5.74) is 11.4. The number of hydrogen-bond acceptors (Lipinski definition) is 15. The van der Waals surface area contributed by atoms with E-state index in [1.807, 2.05) is 0 Å². The quantitative estimate of drug-likeness (QED) is 0.117. The Morgan fingerprint density at radius 2 is 1.27 bits per heavy atom. The third-order valence-corrected chi connectivity index (χ3v) is 9.64. The van der Waals surface area contributed by atoms with Gasteiger partial charge in [-0.1, -0.05) is 38.5 Å². The second-order valence-electron chi connectivity index (χ2n) is 11.6. The number of anilines is 4. The summed E-state index contributed by atoms with van der Waals surface area (Å²) in [6, 6.07) is 4.92. The van der Waals surface area contributed by atoms with E-state index < -0.39 is 11.8 Å². The highest BCUT2D eigenvalue weighted by Gasteiger charge is 2.25. The van der Waals surface area contributed by atoms with Crippen molar-refractivity contribution in [3.63, 3.8) is 0 Å². The SMILES string of the molecule is NC(=O)c1c(OCC2CCCCC2)nsc1Nc1ncccc1OC=O.NC(=O)c1c(OCC2CCCCC2)nsc1Nc1ncccn1. The number of carbonyl (C=O) groups is 3. The molecule has 260 valence electrons. The molecule has 2 fully saturated rings. The lowest BCUT2D eigenvalue weighted by Crippen LogP contribution is -2.18. The number of nitrogens with two attached hydrogens (primary N) is 2. The molecule has 0 radical (unpaired) electrons. The molecule has 15 nitrogen and oxygen atoms in total. The highest BCUT2D eigenvalue weighted by molar-refractivity contribution is 7.11. The molecule has 6 rings (SSSR count). The van der Waals surface area contributed by atoms with E-state index in [1.165, 1.54) is 57.6 Å². The summed E-state index contributed by atoms with van der Waals surface area (Å²) in [6.07, 6.45) is 16.8. The second kappa shape index (κ2) is 18.0. The summed E-state index contributed by atoms with van der Waals surface area (Å²) in [6.45, 7) is 1.40. The van der Waals surface area contributed by atoms with Crippen molar-refractivity contribution in [2.24, 2.45) is 23.3 Å². The van der Waals surface area contributed by atoms with Crippen molar-refractivity contribution in [1.82, 2.24) is 23.7 Å². The molecule has 0 bridgehead atoms. The summed E-state index contributed by atoms with van der Waals surface area (Å²) < 4.78 is 24.9. The van der Waals surface area contributed by atoms with Crippen molar-refractivity contribution >= 4 is 63.1 Å². The Kier molecular flexibility index (Phi) is 13.0. The standard InChI is InChI=1S/C17H20N4O4S.C15H19N5O2S/c18-14(23)13-16(24-9-11-5-2-1-3-6-11)21-26-17(13)20-15-12(25-10-22)7-4-8-19-15;16-12(21)11-13(22-9-10-5-2-1-3-6-10)20-23-14(11)19-15-17-7-4-8-18-15/h4,7-8,10-11H,1-3,5-6,9H2,(H2,18,23)(H,19,20);4,7-8,10H,1-3,5-6,9H2,(H2,16,21)(H,17,18,19). The van der Waals surface area contributed by atoms with Gasteiger partial charge in [0, 0.05) is 18.6 Å². The van der Waals surface area contributed by atoms with Gasteiger partial charge in [-0.05, 0) is 78.8 Å². The van der Waals surface area contributed by atoms with Crippen molar-refractivity contribution in [2.45, 2.75) is 64.2 Å². The molecule has 2 amide bonds. The smallest absolute Gasteiger partial charge is 0.298 e. The zero-order chi connectivity index (χ0) is 34.4. The number of nitrogens with zero attached hydrogens (tertiary/aromatic N) is 5. The fraction of sp³-hybridized carbons (Fsp3) is 0.438. The molecule has 0 saturated heterocycles. The minimum Gasteiger partial charge on any atom is -0.476 e. The van der Waals surface area contributed by atoms with Crippen LogP contribution in [0, 0.1) is 11.8 Å². The van der Waals surface area contributed by atoms with E-state index in [1.54, 1.807) is 30.6 Å². The first-order valence-electron chi connectivity index (χ1n) is 16.1. The molecule has 0 aliphatic heterocycles. The number of nitrogens with one attached hydrogen (secondary N) is 2. The Balaban J connectivity index is 0.000000192. The Morgan fingerprint density at radius 3 is 1.78 bits per heavy atom. The third kappa shape index (κ3) is 10.1. The van der Waals surface area contributed by atoms with Gasteiger partial charge in [0.05, 0.1) is 13.2 Å². The van der Waals surface area contributed by atoms with E-state index in [0.29, 0.717) is 53.4 Å². The monoisotopic (exact) mass is 709 g/mol. The van der Waals surface area contributed by atoms with Crippen LogP contribution >= 0.6 is 23.1 Å². The van der Waals surface area contributed by atoms with Crippen LogP contribution in [0.4, 0.5) is 21.8 Å². The van der Waals surface area contributed by atoms with Crippen LogP contribution in [0.1, 0.15) is 84.9 Å². The van der Waals surface area contributed by atoms with Gasteiger partial charge < -0.3 is 36.3 Å². The zero-order valence-electron chi connectivity index (χ0n) is 26.8. The fourth-order valence-corrected chi connectivity index (χ4v) is 7.13. The number of primary amides is 2. The van der Waals surface area contributed by atoms with Gasteiger partial charge in [0.25, 0.3) is 18.3 Å². The predicted molar refractivity (Wildman–Crippen MR) is 185 cm³/mol. The van der Waals surface area contributed by atoms with Crippen LogP contribution in [0.2, 0.25) is 0 Å². The maximum atomic E-state index is 11.9. The van der Waals surface area contributed by atoms with Gasteiger partial charge in [-0.25, -0.2) is 15.0 Å². The van der Waals surface area contributed by atoms with Gasteiger partial charge in [-0.2, -0.15) is 8.75 Å². The van der Waals surface area contributed by atoms with Gasteiger partial charge in [0.2, 0.25) is 17.7 Å². The highest BCUT2D eigenvalue weighted by Crippen LogP contribution is 2.36. The van der Waals surface area contributed by atoms with Gasteiger partial charge in [0.1, 0.15) is 21.1 Å². The summed E-state index contributed by atoms with van der Waals surface area (Å²) in [5.74, 6) is 1.21. The van der Waals surface area contributed by atoms with E-state index in [-0.39, 0.29) is 28.6 Å². The molecule has 2 saturated carbocycles. The third-order valence-electron chi connectivity index (χ3n) is 8.14. The van der Waals surface area contributed by atoms with Gasteiger partial charge in [-0.15, -0.1) is 0 Å². The molecule has 0 unspecified atom stereocenters. The lowest BCUT2D eigenvalue weighted by atomic mass is 9.90. The number of pyridine rings is 1. The average molecular weight is 710 g/mol. The minimum absolute atomic E-state index is 0.175. The van der Waals surface area contributed by atoms with E-state index in [9.17, 15) is 14.4 Å². The number of rotatable bonds is 14. The first kappa shape index (κ1) is 35.4. The largest absolute Gasteiger partial charge is 0.476 e. The number of aromatic nitrogens is 5. The van der Waals surface area contributed by atoms with E-state index in [4.69, 9.17) is 25.7 Å². The van der Waals surface area contributed by atoms with Crippen molar-refractivity contribution in [1.29, 1.82) is 0 Å². The molecule has 2 aliphatic carbocycles. The zero-order valence-corrected chi connectivity index (χ0v) is 28.5. The number of amides is 2. The summed E-state index contributed by atoms with van der Waals surface area (Å²) in [7, 11) is 0. The van der Waals surface area contributed by atoms with Crippen LogP contribution in [0.5, 0.6) is 17.5 Å². The predicted octanol–water partition coefficient (Wildman–Crippen LogP) is 5.61. The molecular weight excluding hydrogens is 671 g/mol. The molecule has 49 heavy (non-hydrogen) atoms. The first-order valence-corrected chi connectivity index (χ1v) is 17.7. The molecule has 0 spiro atoms. The van der Waals surface area contributed by atoms with Gasteiger partial charge >= 0.3 is 0 Å². The Labute approximate surface area is 291 Å². The lowest BCUT2D eigenvalue weighted by molar-refractivity contribution is -0.120. The number of ether oxygens (including phenoxy) is 3. The van der Waals surface area contributed by atoms with Crippen molar-refractivity contribution in [3.8, 4) is 17.5 Å². The second-order valence-corrected chi connectivity index (χ2v) is 13.2. The summed E-state index contributed by atoms with van der Waals surface area (Å²) >= 11 is 2.16. The van der Waals surface area contributed by atoms with Crippen LogP contribution < -0.4 is 36.3 Å². The molecule has 0 aromatic carbocycles. The van der Waals surface area contributed by atoms with Crippen LogP contribution in [0.3, 0.4) is 0 Å². The van der Waals surface area contributed by atoms with Crippen LogP contribution in [-0.2, 0) is 4.79 Å². The Hall–Kier alpha value is -4.90. The van der Waals surface area contributed by atoms with E-state index in [2.05, 4.69) is 34.3 Å². The first-order chi connectivity index (χ1) is 23.9. The normalized spacial score (nSPS) is 14.9. The molecule has 4 heterocycles. The Bertz CT molecular complexity index is 1670. The maximum Gasteiger partial charge on any atom is 0.298 e. The molecule has 17 heteroatoms. The molecule has 4 aromatic rings. The molecule has 6 N–H and O–H groups in total. The van der Waals surface area contributed by atoms with Crippen LogP contribution in [0.25, 0.3) is 0 Å². The highest BCUT2D eigenvalue weighted by atomic mass is 32.1. The van der Waals surface area contributed by atoms with Crippen molar-refractivity contribution in [2.75, 3.05) is 23.8 Å². The van der Waals surface area contributed by atoms with Crippen molar-refractivity contribution < 1.29 is 28.6 Å². The topological polar surface area (TPSA) is 219 Å². The number of hydrogen-bond donors (Lipinski definition) is 4. The maximum absolute atomic E-state index is 11.9. The average Bonchev–Trinajstić information content (AvgIpc) is 3.72. The van der Waals surface area contributed by atoms with E-state index >= 15 is 0 Å². The lowest BCUT2D eigenvalue weighted by Gasteiger charge is -2.21. The number of carbonyl (C=O) groups excluding carboxylic acids is 3. The van der Waals surface area contributed by atoms with Crippen molar-refractivity contribution in [3.05, 3.63) is 47.9 Å². The van der Waals surface area contributed by atoms with Crippen LogP contribution in [-0.4, -0.2) is 55.2 Å². The fourth-order valence-electron chi connectivity index (χ4n) is 5.66. The summed E-state index contributed by atoms with van der Waals surface area (Å²) in [5, 5.41) is 6.81. The molecule has 0 atom stereocenters. The molecular formula is C32H39N9O6S2.